The zero-order chi connectivity index (χ0) is 8.97. The molecule has 0 atom stereocenters. The standard InChI is InChI=1S/C10H11F2/c1-2-3-4-8-5-6-9(11)7-10(8)12/h2,5-7H,3-4H2,1H3. The van der Waals surface area contributed by atoms with Gasteiger partial charge in [-0.2, -0.15) is 0 Å². The van der Waals surface area contributed by atoms with Gasteiger partial charge >= 0.3 is 0 Å². The number of hydrogen-bond donors (Lipinski definition) is 0. The minimum Gasteiger partial charge on any atom is -0.207 e. The van der Waals surface area contributed by atoms with Gasteiger partial charge < -0.3 is 0 Å². The van der Waals surface area contributed by atoms with Crippen LogP contribution in [0.4, 0.5) is 8.78 Å². The molecule has 0 saturated heterocycles. The highest BCUT2D eigenvalue weighted by molar-refractivity contribution is 5.18. The van der Waals surface area contributed by atoms with Crippen LogP contribution < -0.4 is 0 Å². The summed E-state index contributed by atoms with van der Waals surface area (Å²) >= 11 is 0. The Labute approximate surface area is 71.2 Å². The molecule has 0 aromatic heterocycles. The van der Waals surface area contributed by atoms with Gasteiger partial charge in [-0.25, -0.2) is 8.78 Å². The van der Waals surface area contributed by atoms with Crippen molar-refractivity contribution in [2.24, 2.45) is 0 Å². The molecule has 1 radical (unpaired) electrons. The summed E-state index contributed by atoms with van der Waals surface area (Å²) < 4.78 is 25.3. The monoisotopic (exact) mass is 169 g/mol. The van der Waals surface area contributed by atoms with E-state index in [9.17, 15) is 8.78 Å². The van der Waals surface area contributed by atoms with Crippen LogP contribution in [0.3, 0.4) is 0 Å². The van der Waals surface area contributed by atoms with Gasteiger partial charge in [0.2, 0.25) is 0 Å². The Balaban J connectivity index is 2.72. The van der Waals surface area contributed by atoms with E-state index < -0.39 is 11.6 Å². The van der Waals surface area contributed by atoms with E-state index in [0.29, 0.717) is 12.0 Å². The maximum atomic E-state index is 12.9. The fraction of sp³-hybridized carbons (Fsp3) is 0.300. The molecule has 1 rings (SSSR count). The normalized spacial score (nSPS) is 10.2. The number of rotatable bonds is 3. The third-order valence-electron chi connectivity index (χ3n) is 1.72. The lowest BCUT2D eigenvalue weighted by Gasteiger charge is -2.00. The molecule has 0 aliphatic rings. The van der Waals surface area contributed by atoms with Gasteiger partial charge in [-0.1, -0.05) is 13.0 Å². The van der Waals surface area contributed by atoms with Crippen molar-refractivity contribution in [2.75, 3.05) is 0 Å². The Hall–Kier alpha value is -0.920. The highest BCUT2D eigenvalue weighted by atomic mass is 19.1. The molecule has 0 saturated carbocycles. The second-order valence-corrected chi connectivity index (χ2v) is 2.68. The highest BCUT2D eigenvalue weighted by Gasteiger charge is 2.01. The highest BCUT2D eigenvalue weighted by Crippen LogP contribution is 2.11. The van der Waals surface area contributed by atoms with Crippen molar-refractivity contribution in [3.63, 3.8) is 0 Å². The second kappa shape index (κ2) is 4.19. The fourth-order valence-electron chi connectivity index (χ4n) is 1.02. The molecule has 65 valence electrons. The molecule has 12 heavy (non-hydrogen) atoms. The van der Waals surface area contributed by atoms with Crippen LogP contribution in [-0.4, -0.2) is 0 Å². The van der Waals surface area contributed by atoms with E-state index in [4.69, 9.17) is 0 Å². The van der Waals surface area contributed by atoms with E-state index >= 15 is 0 Å². The van der Waals surface area contributed by atoms with Gasteiger partial charge in [-0.15, -0.1) is 0 Å². The van der Waals surface area contributed by atoms with Gasteiger partial charge in [0.25, 0.3) is 0 Å². The van der Waals surface area contributed by atoms with Gasteiger partial charge in [0.15, 0.2) is 0 Å². The van der Waals surface area contributed by atoms with E-state index in [-0.39, 0.29) is 0 Å². The quantitative estimate of drug-likeness (QED) is 0.652. The van der Waals surface area contributed by atoms with Crippen LogP contribution in [0.5, 0.6) is 0 Å². The Morgan fingerprint density at radius 1 is 1.33 bits per heavy atom. The van der Waals surface area contributed by atoms with E-state index in [2.05, 4.69) is 0 Å². The lowest BCUT2D eigenvalue weighted by Crippen LogP contribution is -1.91. The van der Waals surface area contributed by atoms with E-state index in [1.807, 2.05) is 13.3 Å². The minimum atomic E-state index is -0.517. The van der Waals surface area contributed by atoms with Gasteiger partial charge in [0.1, 0.15) is 11.6 Å². The molecule has 0 bridgehead atoms. The summed E-state index contributed by atoms with van der Waals surface area (Å²) in [5, 5.41) is 0. The lowest BCUT2D eigenvalue weighted by atomic mass is 10.1. The molecule has 0 amide bonds. The number of hydrogen-bond acceptors (Lipinski definition) is 0. The molecule has 0 nitrogen and oxygen atoms in total. The van der Waals surface area contributed by atoms with Crippen LogP contribution in [0, 0.1) is 18.1 Å². The Kier molecular flexibility index (Phi) is 3.20. The molecule has 1 aromatic carbocycles. The zero-order valence-corrected chi connectivity index (χ0v) is 6.98. The molecule has 0 unspecified atom stereocenters. The van der Waals surface area contributed by atoms with E-state index in [0.717, 1.165) is 12.5 Å². The predicted octanol–water partition coefficient (Wildman–Crippen LogP) is 3.12. The minimum absolute atomic E-state index is 0.447. The first-order valence-corrected chi connectivity index (χ1v) is 3.96. The summed E-state index contributed by atoms with van der Waals surface area (Å²) in [6.45, 7) is 1.92. The third-order valence-corrected chi connectivity index (χ3v) is 1.72. The molecule has 2 heteroatoms. The lowest BCUT2D eigenvalue weighted by molar-refractivity contribution is 0.571. The predicted molar refractivity (Wildman–Crippen MR) is 44.7 cm³/mol. The van der Waals surface area contributed by atoms with Crippen LogP contribution in [0.15, 0.2) is 18.2 Å². The van der Waals surface area contributed by atoms with Crippen LogP contribution in [0.1, 0.15) is 18.9 Å². The molecule has 0 aliphatic carbocycles. The van der Waals surface area contributed by atoms with Crippen LogP contribution in [-0.2, 0) is 6.42 Å². The van der Waals surface area contributed by atoms with Crippen molar-refractivity contribution in [1.82, 2.24) is 0 Å². The molecular weight excluding hydrogens is 158 g/mol. The summed E-state index contributed by atoms with van der Waals surface area (Å²) in [6.07, 6.45) is 3.42. The molecule has 0 aliphatic heterocycles. The second-order valence-electron chi connectivity index (χ2n) is 2.68. The summed E-state index contributed by atoms with van der Waals surface area (Å²) in [5.74, 6) is -0.964. The number of halogens is 2. The SMILES string of the molecule is C[CH]CCc1ccc(F)cc1F. The van der Waals surface area contributed by atoms with Crippen molar-refractivity contribution in [3.05, 3.63) is 41.8 Å². The first kappa shape index (κ1) is 9.17. The maximum absolute atomic E-state index is 12.9. The molecule has 0 N–H and O–H groups in total. The average Bonchev–Trinajstić information content (AvgIpc) is 2.03. The van der Waals surface area contributed by atoms with Gasteiger partial charge in [0, 0.05) is 6.07 Å². The van der Waals surface area contributed by atoms with Crippen LogP contribution in [0.25, 0.3) is 0 Å². The number of benzene rings is 1. The zero-order valence-electron chi connectivity index (χ0n) is 6.98. The Morgan fingerprint density at radius 2 is 2.08 bits per heavy atom. The van der Waals surface area contributed by atoms with Gasteiger partial charge in [0.05, 0.1) is 0 Å². The number of unbranched alkanes of at least 4 members (excludes halogenated alkanes) is 1. The largest absolute Gasteiger partial charge is 0.207 e. The van der Waals surface area contributed by atoms with Crippen molar-refractivity contribution >= 4 is 0 Å². The van der Waals surface area contributed by atoms with Crippen LogP contribution >= 0.6 is 0 Å². The summed E-state index contributed by atoms with van der Waals surface area (Å²) in [7, 11) is 0. The van der Waals surface area contributed by atoms with Crippen LogP contribution in [0.2, 0.25) is 0 Å². The van der Waals surface area contributed by atoms with Gasteiger partial charge in [-0.05, 0) is 30.9 Å². The van der Waals surface area contributed by atoms with Gasteiger partial charge in [-0.3, -0.25) is 0 Å². The van der Waals surface area contributed by atoms with Crippen molar-refractivity contribution < 1.29 is 8.78 Å². The van der Waals surface area contributed by atoms with Crippen molar-refractivity contribution in [3.8, 4) is 0 Å². The third kappa shape index (κ3) is 2.29. The summed E-state index contributed by atoms with van der Waals surface area (Å²) in [5.41, 5.74) is 0.578. The fourth-order valence-corrected chi connectivity index (χ4v) is 1.02. The average molecular weight is 169 g/mol. The number of aryl methyl sites for hydroxylation is 1. The molecule has 0 fully saturated rings. The Bertz CT molecular complexity index is 256. The smallest absolute Gasteiger partial charge is 0.129 e. The molecular formula is C10H11F2. The Morgan fingerprint density at radius 3 is 2.67 bits per heavy atom. The van der Waals surface area contributed by atoms with Crippen molar-refractivity contribution in [2.45, 2.75) is 19.8 Å². The topological polar surface area (TPSA) is 0 Å². The van der Waals surface area contributed by atoms with E-state index in [1.165, 1.54) is 12.1 Å². The van der Waals surface area contributed by atoms with E-state index in [1.54, 1.807) is 0 Å². The summed E-state index contributed by atoms with van der Waals surface area (Å²) in [4.78, 5) is 0. The summed E-state index contributed by atoms with van der Waals surface area (Å²) in [6, 6.07) is 3.70. The van der Waals surface area contributed by atoms with Crippen molar-refractivity contribution in [1.29, 1.82) is 0 Å². The molecule has 0 heterocycles. The molecule has 1 aromatic rings. The first-order valence-electron chi connectivity index (χ1n) is 3.96. The maximum Gasteiger partial charge on any atom is 0.129 e. The first-order chi connectivity index (χ1) is 5.74. The molecule has 0 spiro atoms.